The van der Waals surface area contributed by atoms with Crippen molar-refractivity contribution in [2.45, 2.75) is 55.8 Å². The number of halogens is 1. The van der Waals surface area contributed by atoms with Crippen molar-refractivity contribution < 1.29 is 21.2 Å². The molecule has 3 aromatic rings. The van der Waals surface area contributed by atoms with Gasteiger partial charge in [-0.05, 0) is 34.6 Å². The topological polar surface area (TPSA) is 68.3 Å². The van der Waals surface area contributed by atoms with Gasteiger partial charge in [-0.1, -0.05) is 98.8 Å². The predicted octanol–water partition coefficient (Wildman–Crippen LogP) is 6.28. The summed E-state index contributed by atoms with van der Waals surface area (Å²) >= 11 is 0. The highest BCUT2D eigenvalue weighted by Crippen LogP contribution is 2.32. The van der Waals surface area contributed by atoms with E-state index in [1.54, 1.807) is 18.2 Å². The van der Waals surface area contributed by atoms with Crippen LogP contribution >= 0.6 is 0 Å². The van der Waals surface area contributed by atoms with Crippen molar-refractivity contribution in [1.29, 1.82) is 0 Å². The summed E-state index contributed by atoms with van der Waals surface area (Å²) in [6, 6.07) is 20.2. The predicted molar refractivity (Wildman–Crippen MR) is 143 cm³/mol. The molecule has 4 rings (SSSR count). The molecule has 0 bridgehead atoms. The van der Waals surface area contributed by atoms with Crippen LogP contribution in [-0.4, -0.2) is 23.1 Å². The first kappa shape index (κ1) is 26.6. The number of rotatable bonds is 9. The van der Waals surface area contributed by atoms with E-state index >= 15 is 4.39 Å². The minimum atomic E-state index is -3.75. The molecule has 0 unspecified atom stereocenters. The van der Waals surface area contributed by atoms with Crippen LogP contribution < -0.4 is 0 Å². The van der Waals surface area contributed by atoms with Gasteiger partial charge in [-0.15, -0.1) is 0 Å². The van der Waals surface area contributed by atoms with Crippen LogP contribution in [0.15, 0.2) is 66.7 Å². The quantitative estimate of drug-likeness (QED) is 0.328. The first-order chi connectivity index (χ1) is 17.1. The summed E-state index contributed by atoms with van der Waals surface area (Å²) in [6.07, 6.45) is 7.21. The van der Waals surface area contributed by atoms with Gasteiger partial charge < -0.3 is 0 Å². The highest BCUT2D eigenvalue weighted by Gasteiger charge is 2.25. The Hall–Kier alpha value is -2.51. The fourth-order valence-corrected chi connectivity index (χ4v) is 7.57. The second-order valence-electron chi connectivity index (χ2n) is 10.0. The smallest absolute Gasteiger partial charge is 0.158 e. The van der Waals surface area contributed by atoms with Crippen molar-refractivity contribution in [3.05, 3.63) is 94.8 Å². The lowest BCUT2D eigenvalue weighted by Gasteiger charge is -2.23. The van der Waals surface area contributed by atoms with Gasteiger partial charge in [0.05, 0.1) is 17.3 Å². The zero-order valence-electron chi connectivity index (χ0n) is 20.6. The molecule has 1 saturated carbocycles. The van der Waals surface area contributed by atoms with E-state index in [0.717, 1.165) is 43.1 Å². The van der Waals surface area contributed by atoms with Gasteiger partial charge in [0.15, 0.2) is 19.7 Å². The Kier molecular flexibility index (Phi) is 8.30. The molecule has 1 aliphatic rings. The molecular formula is C29H33FO4S2. The van der Waals surface area contributed by atoms with Gasteiger partial charge in [0.25, 0.3) is 0 Å². The molecule has 0 amide bonds. The second kappa shape index (κ2) is 11.3. The van der Waals surface area contributed by atoms with E-state index in [4.69, 9.17) is 0 Å². The van der Waals surface area contributed by atoms with Crippen molar-refractivity contribution in [2.24, 2.45) is 5.92 Å². The van der Waals surface area contributed by atoms with E-state index in [-0.39, 0.29) is 16.9 Å². The maximum Gasteiger partial charge on any atom is 0.158 e. The Balaban J connectivity index is 1.67. The summed E-state index contributed by atoms with van der Waals surface area (Å²) in [7, 11) is -7.23. The average molecular weight is 529 g/mol. The summed E-state index contributed by atoms with van der Waals surface area (Å²) in [4.78, 5) is 0. The minimum Gasteiger partial charge on any atom is -0.229 e. The van der Waals surface area contributed by atoms with Crippen LogP contribution in [0.25, 0.3) is 11.1 Å². The molecule has 1 aliphatic carbocycles. The summed E-state index contributed by atoms with van der Waals surface area (Å²) in [6.45, 7) is 0. The van der Waals surface area contributed by atoms with Crippen molar-refractivity contribution in [3.8, 4) is 11.1 Å². The van der Waals surface area contributed by atoms with Crippen LogP contribution in [0, 0.1) is 11.7 Å². The number of benzene rings is 3. The third kappa shape index (κ3) is 7.04. The highest BCUT2D eigenvalue weighted by molar-refractivity contribution is 7.90. The molecule has 0 saturated heterocycles. The Morgan fingerprint density at radius 2 is 1.36 bits per heavy atom. The van der Waals surface area contributed by atoms with E-state index in [1.807, 2.05) is 42.5 Å². The van der Waals surface area contributed by atoms with E-state index in [9.17, 15) is 16.8 Å². The average Bonchev–Trinajstić information content (AvgIpc) is 2.84. The fraction of sp³-hybridized carbons (Fsp3) is 0.379. The van der Waals surface area contributed by atoms with Gasteiger partial charge in [0.1, 0.15) is 5.82 Å². The minimum absolute atomic E-state index is 0.0276. The summed E-state index contributed by atoms with van der Waals surface area (Å²) in [5.41, 5.74) is 3.23. The van der Waals surface area contributed by atoms with E-state index < -0.39 is 37.0 Å². The van der Waals surface area contributed by atoms with Crippen LogP contribution in [0.5, 0.6) is 0 Å². The van der Waals surface area contributed by atoms with E-state index in [2.05, 4.69) is 0 Å². The van der Waals surface area contributed by atoms with Crippen molar-refractivity contribution in [3.63, 3.8) is 0 Å². The SMILES string of the molecule is CS(=O)(=O)Cc1ccc(CC2CCCCC2)c(CS(=O)(=O)Cc2ccccc2-c2ccccc2)c1F. The first-order valence-corrected chi connectivity index (χ1v) is 16.3. The molecule has 0 N–H and O–H groups in total. The largest absolute Gasteiger partial charge is 0.229 e. The lowest BCUT2D eigenvalue weighted by Crippen LogP contribution is -2.16. The standard InChI is InChI=1S/C29H33FO4S2/c1-35(31,32)19-26-17-16-24(18-22-10-4-2-5-11-22)28(29(26)30)21-36(33,34)20-25-14-8-9-15-27(25)23-12-6-3-7-13-23/h3,6-9,12-17,22H,2,4-5,10-11,18-21H2,1H3. The summed E-state index contributed by atoms with van der Waals surface area (Å²) in [5.74, 6) is -1.45. The third-order valence-electron chi connectivity index (χ3n) is 6.91. The van der Waals surface area contributed by atoms with Crippen LogP contribution in [0.3, 0.4) is 0 Å². The molecule has 1 fully saturated rings. The first-order valence-electron chi connectivity index (χ1n) is 12.4. The molecular weight excluding hydrogens is 495 g/mol. The van der Waals surface area contributed by atoms with Crippen LogP contribution in [0.1, 0.15) is 54.4 Å². The van der Waals surface area contributed by atoms with Gasteiger partial charge in [-0.3, -0.25) is 0 Å². The van der Waals surface area contributed by atoms with Crippen LogP contribution in [0.2, 0.25) is 0 Å². The summed E-state index contributed by atoms with van der Waals surface area (Å²) in [5, 5.41) is 0. The molecule has 3 aromatic carbocycles. The molecule has 192 valence electrons. The number of hydrogen-bond acceptors (Lipinski definition) is 4. The van der Waals surface area contributed by atoms with Gasteiger partial charge >= 0.3 is 0 Å². The molecule has 4 nitrogen and oxygen atoms in total. The molecule has 7 heteroatoms. The number of sulfone groups is 2. The van der Waals surface area contributed by atoms with Crippen LogP contribution in [-0.2, 0) is 43.4 Å². The normalized spacial score (nSPS) is 15.2. The third-order valence-corrected chi connectivity index (χ3v) is 9.23. The Morgan fingerprint density at radius 3 is 2.06 bits per heavy atom. The van der Waals surface area contributed by atoms with Gasteiger partial charge in [0, 0.05) is 17.4 Å². The molecule has 0 spiro atoms. The zero-order valence-corrected chi connectivity index (χ0v) is 22.3. The monoisotopic (exact) mass is 528 g/mol. The maximum atomic E-state index is 15.7. The summed E-state index contributed by atoms with van der Waals surface area (Å²) < 4.78 is 66.4. The number of hydrogen-bond donors (Lipinski definition) is 0. The Labute approximate surface area is 214 Å². The maximum absolute atomic E-state index is 15.7. The van der Waals surface area contributed by atoms with Gasteiger partial charge in [0.2, 0.25) is 0 Å². The second-order valence-corrected chi connectivity index (χ2v) is 14.2. The van der Waals surface area contributed by atoms with Crippen molar-refractivity contribution in [2.75, 3.05) is 6.26 Å². The molecule has 0 radical (unpaired) electrons. The molecule has 0 aromatic heterocycles. The lowest BCUT2D eigenvalue weighted by molar-refractivity contribution is 0.355. The molecule has 0 atom stereocenters. The fourth-order valence-electron chi connectivity index (χ4n) is 5.21. The Bertz CT molecular complexity index is 1410. The van der Waals surface area contributed by atoms with Crippen LogP contribution in [0.4, 0.5) is 4.39 Å². The van der Waals surface area contributed by atoms with Crippen molar-refractivity contribution in [1.82, 2.24) is 0 Å². The van der Waals surface area contributed by atoms with Crippen molar-refractivity contribution >= 4 is 19.7 Å². The van der Waals surface area contributed by atoms with Gasteiger partial charge in [-0.2, -0.15) is 0 Å². The van der Waals surface area contributed by atoms with E-state index in [1.165, 1.54) is 12.5 Å². The zero-order chi connectivity index (χ0) is 25.8. The Morgan fingerprint density at radius 1 is 0.722 bits per heavy atom. The van der Waals surface area contributed by atoms with Gasteiger partial charge in [-0.25, -0.2) is 21.2 Å². The molecule has 36 heavy (non-hydrogen) atoms. The molecule has 0 aliphatic heterocycles. The molecule has 0 heterocycles. The highest BCUT2D eigenvalue weighted by atomic mass is 32.2. The lowest BCUT2D eigenvalue weighted by atomic mass is 9.83. The van der Waals surface area contributed by atoms with E-state index in [0.29, 0.717) is 23.5 Å².